The summed E-state index contributed by atoms with van der Waals surface area (Å²) in [5, 5.41) is 17.3. The van der Waals surface area contributed by atoms with Crippen LogP contribution in [0.5, 0.6) is 11.5 Å². The number of hydrogen-bond acceptors (Lipinski definition) is 4. The molecule has 0 saturated carbocycles. The third kappa shape index (κ3) is 78.3. The Bertz CT molecular complexity index is 805. The minimum atomic E-state index is 0.322. The van der Waals surface area contributed by atoms with E-state index in [-0.39, 0.29) is 0 Å². The van der Waals surface area contributed by atoms with E-state index in [2.05, 4.69) is 9.47 Å². The van der Waals surface area contributed by atoms with Crippen LogP contribution in [0.1, 0.15) is 69.2 Å². The molecule has 4 nitrogen and oxygen atoms in total. The molecule has 0 amide bonds. The van der Waals surface area contributed by atoms with E-state index in [9.17, 15) is 0 Å². The highest BCUT2D eigenvalue weighted by Crippen LogP contribution is 2.03. The third-order valence-corrected chi connectivity index (χ3v) is 3.51. The van der Waals surface area contributed by atoms with Crippen molar-refractivity contribution in [2.75, 3.05) is 28.4 Å². The van der Waals surface area contributed by atoms with Gasteiger partial charge in [-0.1, -0.05) is 215 Å². The lowest BCUT2D eigenvalue weighted by molar-refractivity contribution is 0.277. The number of hydrogen-bond donors (Lipinski definition) is 2. The molecule has 4 heteroatoms. The Hall–Kier alpha value is -4.38. The fourth-order valence-electron chi connectivity index (χ4n) is 2.01. The van der Waals surface area contributed by atoms with Crippen LogP contribution in [0, 0.1) is 0 Å². The monoisotopic (exact) mass is 665 g/mol. The number of aromatic hydroxyl groups is 2. The van der Waals surface area contributed by atoms with Gasteiger partial charge in [-0.15, -0.1) is 0 Å². The fourth-order valence-corrected chi connectivity index (χ4v) is 2.01. The molecule has 0 aliphatic heterocycles. The van der Waals surface area contributed by atoms with Crippen LogP contribution >= 0.6 is 0 Å². The smallest absolute Gasteiger partial charge is 0.115 e. The summed E-state index contributed by atoms with van der Waals surface area (Å²) in [6.07, 6.45) is 0. The molecule has 48 heavy (non-hydrogen) atoms. The number of phenols is 2. The van der Waals surface area contributed by atoms with Crippen molar-refractivity contribution in [3.63, 3.8) is 0 Å². The van der Waals surface area contributed by atoms with Crippen molar-refractivity contribution < 1.29 is 19.7 Å². The molecule has 0 spiro atoms. The van der Waals surface area contributed by atoms with Gasteiger partial charge < -0.3 is 19.7 Å². The van der Waals surface area contributed by atoms with E-state index in [1.54, 1.807) is 77.0 Å². The molecule has 0 unspecified atom stereocenters. The summed E-state index contributed by atoms with van der Waals surface area (Å²) in [6.45, 7) is 20.0. The zero-order valence-corrected chi connectivity index (χ0v) is 32.9. The zero-order valence-electron chi connectivity index (χ0n) is 32.9. The predicted molar refractivity (Wildman–Crippen MR) is 218 cm³/mol. The van der Waals surface area contributed by atoms with Gasteiger partial charge in [-0.2, -0.15) is 0 Å². The molecular weight excluding hydrogens is 592 g/mol. The van der Waals surface area contributed by atoms with E-state index in [1.807, 2.05) is 191 Å². The van der Waals surface area contributed by atoms with Crippen molar-refractivity contribution in [2.24, 2.45) is 0 Å². The van der Waals surface area contributed by atoms with Crippen LogP contribution in [-0.4, -0.2) is 38.7 Å². The maximum absolute atomic E-state index is 8.63. The molecular formula is C44H72O4. The maximum atomic E-state index is 8.63. The second-order valence-electron chi connectivity index (χ2n) is 6.95. The van der Waals surface area contributed by atoms with Crippen LogP contribution in [-0.2, 0) is 9.47 Å². The molecule has 2 N–H and O–H groups in total. The Balaban J connectivity index is -0.0000000793. The minimum Gasteiger partial charge on any atom is -0.508 e. The van der Waals surface area contributed by atoms with Crippen LogP contribution in [0.2, 0.25) is 0 Å². The Morgan fingerprint density at radius 1 is 0.250 bits per heavy atom. The maximum Gasteiger partial charge on any atom is 0.115 e. The summed E-state index contributed by atoms with van der Waals surface area (Å²) in [5.74, 6) is 0.644. The average molecular weight is 665 g/mol. The van der Waals surface area contributed by atoms with E-state index >= 15 is 0 Å². The lowest BCUT2D eigenvalue weighted by Crippen LogP contribution is -1.56. The summed E-state index contributed by atoms with van der Waals surface area (Å²) in [7, 11) is 6.50. The first kappa shape index (κ1) is 59.1. The van der Waals surface area contributed by atoms with Crippen LogP contribution < -0.4 is 0 Å². The highest BCUT2D eigenvalue weighted by molar-refractivity contribution is 5.19. The summed E-state index contributed by atoms with van der Waals surface area (Å²) in [4.78, 5) is 0. The van der Waals surface area contributed by atoms with Gasteiger partial charge in [-0.05, 0) is 24.3 Å². The van der Waals surface area contributed by atoms with Crippen molar-refractivity contribution in [1.29, 1.82) is 0 Å². The van der Waals surface area contributed by atoms with Gasteiger partial charge in [0.2, 0.25) is 0 Å². The van der Waals surface area contributed by atoms with Gasteiger partial charge in [0, 0.05) is 28.4 Å². The number of methoxy groups -OCH3 is 2. The zero-order chi connectivity index (χ0) is 38.4. The van der Waals surface area contributed by atoms with E-state index in [0.717, 1.165) is 0 Å². The van der Waals surface area contributed by atoms with Crippen LogP contribution in [0.3, 0.4) is 0 Å². The standard InChI is InChI=1S/2C6H6O.3C6H6.2C2H6O.5C2H6/c2*7-6-4-2-1-3-5-6;3*1-2-4-6-5-3-1;2*1-3-2;5*1-2/h2*1-5,7H;3*1-6H;2*1-2H3;5*1-2H3. The fraction of sp³-hybridized carbons (Fsp3) is 0.318. The molecule has 5 aromatic carbocycles. The molecule has 0 fully saturated rings. The molecule has 272 valence electrons. The molecule has 0 atom stereocenters. The first-order valence-electron chi connectivity index (χ1n) is 16.9. The van der Waals surface area contributed by atoms with Gasteiger partial charge in [0.15, 0.2) is 0 Å². The minimum absolute atomic E-state index is 0.322. The van der Waals surface area contributed by atoms with E-state index in [4.69, 9.17) is 10.2 Å². The Morgan fingerprint density at radius 3 is 0.396 bits per heavy atom. The van der Waals surface area contributed by atoms with Gasteiger partial charge in [-0.25, -0.2) is 0 Å². The van der Waals surface area contributed by atoms with Crippen molar-refractivity contribution in [3.05, 3.63) is 170 Å². The van der Waals surface area contributed by atoms with Gasteiger partial charge in [0.05, 0.1) is 0 Å². The second kappa shape index (κ2) is 73.8. The first-order chi connectivity index (χ1) is 23.6. The van der Waals surface area contributed by atoms with Gasteiger partial charge in [-0.3, -0.25) is 0 Å². The number of rotatable bonds is 0. The van der Waals surface area contributed by atoms with Gasteiger partial charge in [0.1, 0.15) is 11.5 Å². The number of para-hydroxylation sites is 2. The Kier molecular flexibility index (Phi) is 90.9. The summed E-state index contributed by atoms with van der Waals surface area (Å²) >= 11 is 0. The molecule has 0 aromatic heterocycles. The molecule has 0 aliphatic carbocycles. The topological polar surface area (TPSA) is 58.9 Å². The molecule has 0 saturated heterocycles. The summed E-state index contributed by atoms with van der Waals surface area (Å²) < 4.78 is 8.50. The summed E-state index contributed by atoms with van der Waals surface area (Å²) in [6, 6.07) is 53.4. The Labute approximate surface area is 298 Å². The highest BCUT2D eigenvalue weighted by atomic mass is 16.5. The molecule has 5 rings (SSSR count). The molecule has 0 heterocycles. The molecule has 0 radical (unpaired) electrons. The van der Waals surface area contributed by atoms with E-state index < -0.39 is 0 Å². The van der Waals surface area contributed by atoms with Crippen LogP contribution in [0.25, 0.3) is 0 Å². The lowest BCUT2D eigenvalue weighted by Gasteiger charge is -1.82. The SMILES string of the molecule is CC.CC.CC.CC.CC.COC.COC.Oc1ccccc1.Oc1ccccc1.c1ccccc1.c1ccccc1.c1ccccc1. The molecule has 5 aromatic rings. The van der Waals surface area contributed by atoms with Gasteiger partial charge in [0.25, 0.3) is 0 Å². The quantitative estimate of drug-likeness (QED) is 0.173. The van der Waals surface area contributed by atoms with Crippen molar-refractivity contribution >= 4 is 0 Å². The summed E-state index contributed by atoms with van der Waals surface area (Å²) in [5.41, 5.74) is 0. The number of benzene rings is 5. The molecule has 0 bridgehead atoms. The second-order valence-corrected chi connectivity index (χ2v) is 6.95. The lowest BCUT2D eigenvalue weighted by atomic mass is 10.3. The predicted octanol–water partition coefficient (Wildman–Crippen LogP) is 13.5. The first-order valence-corrected chi connectivity index (χ1v) is 16.9. The van der Waals surface area contributed by atoms with Crippen LogP contribution in [0.15, 0.2) is 170 Å². The van der Waals surface area contributed by atoms with E-state index in [1.165, 1.54) is 0 Å². The van der Waals surface area contributed by atoms with E-state index in [0.29, 0.717) is 11.5 Å². The van der Waals surface area contributed by atoms with Crippen molar-refractivity contribution in [2.45, 2.75) is 69.2 Å². The van der Waals surface area contributed by atoms with Crippen molar-refractivity contribution in [3.8, 4) is 11.5 Å². The largest absolute Gasteiger partial charge is 0.508 e. The molecule has 0 aliphatic rings. The Morgan fingerprint density at radius 2 is 0.333 bits per heavy atom. The number of phenolic OH excluding ortho intramolecular Hbond substituents is 2. The van der Waals surface area contributed by atoms with Crippen molar-refractivity contribution in [1.82, 2.24) is 0 Å². The van der Waals surface area contributed by atoms with Crippen LogP contribution in [0.4, 0.5) is 0 Å². The normalized spacial score (nSPS) is 6.88. The van der Waals surface area contributed by atoms with Gasteiger partial charge >= 0.3 is 0 Å². The highest BCUT2D eigenvalue weighted by Gasteiger charge is 1.75. The number of ether oxygens (including phenoxy) is 2. The average Bonchev–Trinajstić information content (AvgIpc) is 3.20. The third-order valence-electron chi connectivity index (χ3n) is 3.51.